The first-order chi connectivity index (χ1) is 8.02. The van der Waals surface area contributed by atoms with Gasteiger partial charge in [-0.15, -0.1) is 0 Å². The summed E-state index contributed by atoms with van der Waals surface area (Å²) in [6, 6.07) is 0. The second kappa shape index (κ2) is 8.88. The van der Waals surface area contributed by atoms with Gasteiger partial charge in [0, 0.05) is 5.33 Å². The third-order valence-electron chi connectivity index (χ3n) is 1.72. The van der Waals surface area contributed by atoms with Gasteiger partial charge in [-0.1, -0.05) is 31.9 Å². The van der Waals surface area contributed by atoms with Crippen LogP contribution in [0, 0.1) is 0 Å². The summed E-state index contributed by atoms with van der Waals surface area (Å²) in [5.41, 5.74) is 0. The first kappa shape index (κ1) is 16.9. The second-order valence-electron chi connectivity index (χ2n) is 2.98. The zero-order chi connectivity index (χ0) is 13.3. The highest BCUT2D eigenvalue weighted by atomic mass is 79.9. The van der Waals surface area contributed by atoms with E-state index in [1.54, 1.807) is 13.8 Å². The van der Waals surface area contributed by atoms with E-state index in [1.807, 2.05) is 0 Å². The maximum Gasteiger partial charge on any atom is 0.336 e. The molecule has 0 aliphatic heterocycles. The number of rotatable bonds is 8. The molecule has 0 saturated heterocycles. The molecule has 0 spiro atoms. The zero-order valence-corrected chi connectivity index (χ0v) is 13.0. The van der Waals surface area contributed by atoms with Gasteiger partial charge >= 0.3 is 11.9 Å². The van der Waals surface area contributed by atoms with Gasteiger partial charge in [0.25, 0.3) is 0 Å². The smallest absolute Gasteiger partial charge is 0.336 e. The van der Waals surface area contributed by atoms with E-state index in [1.165, 1.54) is 0 Å². The minimum atomic E-state index is -1.58. The molecule has 0 aliphatic carbocycles. The Morgan fingerprint density at radius 3 is 1.94 bits per heavy atom. The minimum Gasteiger partial charge on any atom is -0.464 e. The number of esters is 2. The van der Waals surface area contributed by atoms with E-state index in [9.17, 15) is 9.59 Å². The summed E-state index contributed by atoms with van der Waals surface area (Å²) in [5.74, 6) is -1.40. The first-order valence-electron chi connectivity index (χ1n) is 5.20. The minimum absolute atomic E-state index is 0.129. The molecule has 5 nitrogen and oxygen atoms in total. The molecule has 0 atom stereocenters. The van der Waals surface area contributed by atoms with Gasteiger partial charge in [0.1, 0.15) is 0 Å². The van der Waals surface area contributed by atoms with Gasteiger partial charge in [-0.05, 0) is 13.8 Å². The number of alkyl halides is 2. The number of hydrogen-bond acceptors (Lipinski definition) is 5. The number of carbonyl (C=O) groups excluding carboxylic acids is 2. The SMILES string of the molecule is CCOC(=O)C(Br)(COCCBr)C(=O)OCC. The summed E-state index contributed by atoms with van der Waals surface area (Å²) in [5, 5.41) is 0.613. The van der Waals surface area contributed by atoms with Crippen LogP contribution in [0.3, 0.4) is 0 Å². The van der Waals surface area contributed by atoms with Crippen LogP contribution in [-0.2, 0) is 23.8 Å². The van der Waals surface area contributed by atoms with E-state index in [4.69, 9.17) is 14.2 Å². The molecule has 17 heavy (non-hydrogen) atoms. The zero-order valence-electron chi connectivity index (χ0n) is 9.83. The molecular formula is C10H16Br2O5. The number of ether oxygens (including phenoxy) is 3. The fourth-order valence-electron chi connectivity index (χ4n) is 0.960. The number of hydrogen-bond donors (Lipinski definition) is 0. The lowest BCUT2D eigenvalue weighted by atomic mass is 10.1. The Morgan fingerprint density at radius 1 is 1.12 bits per heavy atom. The van der Waals surface area contributed by atoms with Crippen molar-refractivity contribution in [2.24, 2.45) is 0 Å². The van der Waals surface area contributed by atoms with Crippen LogP contribution in [0.15, 0.2) is 0 Å². The summed E-state index contributed by atoms with van der Waals surface area (Å²) in [6.45, 7) is 3.95. The topological polar surface area (TPSA) is 61.8 Å². The van der Waals surface area contributed by atoms with Gasteiger partial charge in [-0.3, -0.25) is 0 Å². The van der Waals surface area contributed by atoms with E-state index in [0.717, 1.165) is 0 Å². The van der Waals surface area contributed by atoms with E-state index >= 15 is 0 Å². The van der Waals surface area contributed by atoms with Crippen LogP contribution in [-0.4, -0.2) is 48.0 Å². The van der Waals surface area contributed by atoms with Crippen molar-refractivity contribution < 1.29 is 23.8 Å². The molecule has 0 bridgehead atoms. The van der Waals surface area contributed by atoms with Crippen molar-refractivity contribution in [1.82, 2.24) is 0 Å². The van der Waals surface area contributed by atoms with Crippen molar-refractivity contribution in [3.63, 3.8) is 0 Å². The van der Waals surface area contributed by atoms with E-state index in [-0.39, 0.29) is 19.8 Å². The molecule has 0 heterocycles. The van der Waals surface area contributed by atoms with Crippen LogP contribution in [0.5, 0.6) is 0 Å². The molecule has 0 radical (unpaired) electrons. The van der Waals surface area contributed by atoms with Gasteiger partial charge < -0.3 is 14.2 Å². The quantitative estimate of drug-likeness (QED) is 0.279. The normalized spacial score (nSPS) is 11.1. The van der Waals surface area contributed by atoms with E-state index < -0.39 is 16.3 Å². The lowest BCUT2D eigenvalue weighted by molar-refractivity contribution is -0.160. The monoisotopic (exact) mass is 374 g/mol. The third kappa shape index (κ3) is 5.35. The molecule has 0 amide bonds. The lowest BCUT2D eigenvalue weighted by Crippen LogP contribution is -2.47. The van der Waals surface area contributed by atoms with Crippen LogP contribution in [0.2, 0.25) is 0 Å². The molecular weight excluding hydrogens is 360 g/mol. The average molecular weight is 376 g/mol. The van der Waals surface area contributed by atoms with Gasteiger partial charge in [0.05, 0.1) is 26.4 Å². The summed E-state index contributed by atoms with van der Waals surface area (Å²) in [6.07, 6.45) is 0. The molecule has 7 heteroatoms. The highest BCUT2D eigenvalue weighted by Gasteiger charge is 2.47. The Balaban J connectivity index is 4.66. The first-order valence-corrected chi connectivity index (χ1v) is 7.11. The van der Waals surface area contributed by atoms with Crippen molar-refractivity contribution >= 4 is 43.8 Å². The van der Waals surface area contributed by atoms with Crippen LogP contribution < -0.4 is 0 Å². The number of carbonyl (C=O) groups is 2. The van der Waals surface area contributed by atoms with Gasteiger partial charge in [-0.25, -0.2) is 9.59 Å². The maximum absolute atomic E-state index is 11.7. The Kier molecular flexibility index (Phi) is 8.81. The molecule has 0 rings (SSSR count). The summed E-state index contributed by atoms with van der Waals surface area (Å²) < 4.78 is 13.3. The summed E-state index contributed by atoms with van der Waals surface area (Å²) >= 11 is 6.24. The van der Waals surface area contributed by atoms with Gasteiger partial charge in [0.15, 0.2) is 0 Å². The van der Waals surface area contributed by atoms with E-state index in [0.29, 0.717) is 11.9 Å². The maximum atomic E-state index is 11.7. The van der Waals surface area contributed by atoms with Crippen LogP contribution in [0.4, 0.5) is 0 Å². The third-order valence-corrected chi connectivity index (χ3v) is 2.92. The Bertz CT molecular complexity index is 239. The second-order valence-corrected chi connectivity index (χ2v) is 5.13. The molecule has 100 valence electrons. The molecule has 0 unspecified atom stereocenters. The standard InChI is InChI=1S/C10H16Br2O5/c1-3-16-8(13)10(12,7-15-6-5-11)9(14)17-4-2/h3-7H2,1-2H3. The molecule has 0 aromatic heterocycles. The highest BCUT2D eigenvalue weighted by Crippen LogP contribution is 2.23. The molecule has 0 saturated carbocycles. The predicted octanol–water partition coefficient (Wildman–Crippen LogP) is 1.66. The van der Waals surface area contributed by atoms with Gasteiger partial charge in [-0.2, -0.15) is 0 Å². The van der Waals surface area contributed by atoms with Crippen molar-refractivity contribution in [2.75, 3.05) is 31.8 Å². The summed E-state index contributed by atoms with van der Waals surface area (Å²) in [4.78, 5) is 23.4. The average Bonchev–Trinajstić information content (AvgIpc) is 2.29. The van der Waals surface area contributed by atoms with Crippen molar-refractivity contribution in [3.8, 4) is 0 Å². The predicted molar refractivity (Wildman–Crippen MR) is 69.5 cm³/mol. The summed E-state index contributed by atoms with van der Waals surface area (Å²) in [7, 11) is 0. The van der Waals surface area contributed by atoms with Crippen LogP contribution >= 0.6 is 31.9 Å². The number of halogens is 2. The Hall–Kier alpha value is -0.140. The molecule has 0 aromatic rings. The molecule has 0 N–H and O–H groups in total. The van der Waals surface area contributed by atoms with Crippen LogP contribution in [0.25, 0.3) is 0 Å². The Labute approximate surface area is 117 Å². The van der Waals surface area contributed by atoms with Crippen molar-refractivity contribution in [1.29, 1.82) is 0 Å². The van der Waals surface area contributed by atoms with Crippen LogP contribution in [0.1, 0.15) is 13.8 Å². The molecule has 0 aliphatic rings. The molecule has 0 aromatic carbocycles. The largest absolute Gasteiger partial charge is 0.464 e. The van der Waals surface area contributed by atoms with E-state index in [2.05, 4.69) is 31.9 Å². The van der Waals surface area contributed by atoms with Crippen molar-refractivity contribution in [2.45, 2.75) is 18.2 Å². The van der Waals surface area contributed by atoms with Gasteiger partial charge in [0.2, 0.25) is 4.32 Å². The fraction of sp³-hybridized carbons (Fsp3) is 0.800. The highest BCUT2D eigenvalue weighted by molar-refractivity contribution is 9.10. The van der Waals surface area contributed by atoms with Crippen molar-refractivity contribution in [3.05, 3.63) is 0 Å². The fourth-order valence-corrected chi connectivity index (χ4v) is 1.58. The Morgan fingerprint density at radius 2 is 1.59 bits per heavy atom. The lowest BCUT2D eigenvalue weighted by Gasteiger charge is -2.22. The molecule has 0 fully saturated rings.